The second-order valence-corrected chi connectivity index (χ2v) is 8.64. The number of carbonyl (C=O) groups is 1. The van der Waals surface area contributed by atoms with Crippen LogP contribution in [0, 0.1) is 13.8 Å². The molecule has 2 aromatic carbocycles. The Morgan fingerprint density at radius 2 is 1.85 bits per heavy atom. The van der Waals surface area contributed by atoms with Crippen molar-refractivity contribution in [3.63, 3.8) is 0 Å². The highest BCUT2D eigenvalue weighted by atomic mass is 16.5. The molecule has 0 bridgehead atoms. The van der Waals surface area contributed by atoms with Crippen LogP contribution in [-0.4, -0.2) is 15.5 Å². The zero-order valence-corrected chi connectivity index (χ0v) is 18.6. The van der Waals surface area contributed by atoms with Gasteiger partial charge >= 0.3 is 11.6 Å². The summed E-state index contributed by atoms with van der Waals surface area (Å²) in [6.07, 6.45) is 2.29. The minimum Gasteiger partial charge on any atom is -0.461 e. The molecule has 0 amide bonds. The summed E-state index contributed by atoms with van der Waals surface area (Å²) in [6.45, 7) is 3.90. The Kier molecular flexibility index (Phi) is 5.32. The molecule has 2 aromatic heterocycles. The lowest BCUT2D eigenvalue weighted by atomic mass is 10.0. The van der Waals surface area contributed by atoms with E-state index in [1.165, 1.54) is 6.07 Å². The molecular weight excluding hydrogens is 420 g/mol. The average Bonchev–Trinajstić information content (AvgIpc) is 3.62. The third kappa shape index (κ3) is 4.18. The average molecular weight is 444 g/mol. The van der Waals surface area contributed by atoms with Crippen molar-refractivity contribution in [3.8, 4) is 0 Å². The second kappa shape index (κ2) is 8.31. The summed E-state index contributed by atoms with van der Waals surface area (Å²) in [7, 11) is 0. The van der Waals surface area contributed by atoms with Crippen LogP contribution in [0.5, 0.6) is 0 Å². The number of rotatable bonds is 6. The fourth-order valence-corrected chi connectivity index (χ4v) is 4.12. The van der Waals surface area contributed by atoms with Crippen molar-refractivity contribution >= 4 is 27.8 Å². The lowest BCUT2D eigenvalue weighted by Gasteiger charge is -2.13. The molecule has 4 aromatic rings. The molecule has 1 aliphatic rings. The minimum absolute atomic E-state index is 0.0238. The molecule has 0 radical (unpaired) electrons. The molecule has 1 aliphatic carbocycles. The van der Waals surface area contributed by atoms with Gasteiger partial charge in [-0.05, 0) is 62.1 Å². The minimum atomic E-state index is -0.481. The van der Waals surface area contributed by atoms with Crippen LogP contribution < -0.4 is 11.2 Å². The summed E-state index contributed by atoms with van der Waals surface area (Å²) < 4.78 is 12.5. The number of aromatic nitrogens is 2. The van der Waals surface area contributed by atoms with Gasteiger partial charge in [-0.2, -0.15) is 0 Å². The summed E-state index contributed by atoms with van der Waals surface area (Å²) in [5.74, 6) is 0.194. The van der Waals surface area contributed by atoms with Gasteiger partial charge in [-0.15, -0.1) is 0 Å². The number of carbonyl (C=O) groups excluding carboxylic acids is 1. The largest absolute Gasteiger partial charge is 0.461 e. The van der Waals surface area contributed by atoms with Crippen molar-refractivity contribution in [1.29, 1.82) is 0 Å². The van der Waals surface area contributed by atoms with Crippen molar-refractivity contribution < 1.29 is 13.9 Å². The van der Waals surface area contributed by atoms with Crippen LogP contribution in [0.25, 0.3) is 21.9 Å². The molecule has 0 atom stereocenters. The molecule has 0 N–H and O–H groups in total. The topological polar surface area (TPSA) is 91.4 Å². The third-order valence-electron chi connectivity index (χ3n) is 6.18. The standard InChI is InChI=1S/C26H24N2O5/c1-15-11-20-17(13-25(30)33-22(20)12-16(15)2)14-32-24(29)10-9-23-27-21-6-4-3-5-19(21)26(31)28(23)18-7-8-18/h3-6,11-13,18H,7-10,14H2,1-2H3. The summed E-state index contributed by atoms with van der Waals surface area (Å²) in [5.41, 5.74) is 3.26. The molecule has 0 unspecified atom stereocenters. The maximum absolute atomic E-state index is 13.0. The van der Waals surface area contributed by atoms with Crippen molar-refractivity contribution in [3.05, 3.63) is 85.8 Å². The summed E-state index contributed by atoms with van der Waals surface area (Å²) in [4.78, 5) is 42.1. The van der Waals surface area contributed by atoms with Crippen LogP contribution in [0.3, 0.4) is 0 Å². The van der Waals surface area contributed by atoms with Gasteiger partial charge in [0.05, 0.1) is 17.3 Å². The van der Waals surface area contributed by atoms with Gasteiger partial charge in [0.1, 0.15) is 18.0 Å². The van der Waals surface area contributed by atoms with Crippen LogP contribution in [0.4, 0.5) is 0 Å². The molecule has 5 rings (SSSR count). The first kappa shape index (κ1) is 21.1. The predicted octanol–water partition coefficient (Wildman–Crippen LogP) is 4.13. The fourth-order valence-electron chi connectivity index (χ4n) is 4.12. The molecule has 7 nitrogen and oxygen atoms in total. The molecule has 33 heavy (non-hydrogen) atoms. The van der Waals surface area contributed by atoms with Crippen LogP contribution in [0.1, 0.15) is 47.8 Å². The molecule has 0 saturated heterocycles. The van der Waals surface area contributed by atoms with E-state index in [1.54, 1.807) is 10.6 Å². The molecule has 0 spiro atoms. The van der Waals surface area contributed by atoms with E-state index in [0.717, 1.165) is 29.4 Å². The Hall–Kier alpha value is -3.74. The quantitative estimate of drug-likeness (QED) is 0.328. The molecule has 0 aliphatic heterocycles. The highest BCUT2D eigenvalue weighted by molar-refractivity contribution is 5.82. The second-order valence-electron chi connectivity index (χ2n) is 8.64. The smallest absolute Gasteiger partial charge is 0.336 e. The maximum atomic E-state index is 13.0. The van der Waals surface area contributed by atoms with Crippen LogP contribution in [0.15, 0.2) is 56.5 Å². The van der Waals surface area contributed by atoms with Crippen molar-refractivity contribution in [2.24, 2.45) is 0 Å². The van der Waals surface area contributed by atoms with E-state index in [-0.39, 0.29) is 24.6 Å². The van der Waals surface area contributed by atoms with Crippen molar-refractivity contribution in [2.45, 2.75) is 52.2 Å². The first-order valence-corrected chi connectivity index (χ1v) is 11.1. The zero-order valence-electron chi connectivity index (χ0n) is 18.6. The Bertz CT molecular complexity index is 1510. The first-order chi connectivity index (χ1) is 15.9. The van der Waals surface area contributed by atoms with Gasteiger partial charge in [0.2, 0.25) is 0 Å². The van der Waals surface area contributed by atoms with Gasteiger partial charge < -0.3 is 9.15 Å². The number of benzene rings is 2. The van der Waals surface area contributed by atoms with Crippen LogP contribution in [-0.2, 0) is 22.6 Å². The Balaban J connectivity index is 1.34. The number of aryl methyl sites for hydroxylation is 3. The third-order valence-corrected chi connectivity index (χ3v) is 6.18. The lowest BCUT2D eigenvalue weighted by Crippen LogP contribution is -2.25. The number of ether oxygens (including phenoxy) is 1. The molecule has 2 heterocycles. The number of nitrogens with zero attached hydrogens (tertiary/aromatic N) is 2. The van der Waals surface area contributed by atoms with Gasteiger partial charge in [-0.25, -0.2) is 9.78 Å². The van der Waals surface area contributed by atoms with E-state index in [9.17, 15) is 14.4 Å². The molecular formula is C26H24N2O5. The fraction of sp³-hybridized carbons (Fsp3) is 0.308. The molecule has 168 valence electrons. The summed E-state index contributed by atoms with van der Waals surface area (Å²) >= 11 is 0. The highest BCUT2D eigenvalue weighted by Gasteiger charge is 2.28. The van der Waals surface area contributed by atoms with E-state index in [2.05, 4.69) is 4.98 Å². The number of esters is 1. The first-order valence-electron chi connectivity index (χ1n) is 11.1. The summed E-state index contributed by atoms with van der Waals surface area (Å²) in [6, 6.07) is 12.5. The summed E-state index contributed by atoms with van der Waals surface area (Å²) in [5, 5.41) is 1.35. The maximum Gasteiger partial charge on any atom is 0.336 e. The van der Waals surface area contributed by atoms with Gasteiger partial charge in [-0.1, -0.05) is 12.1 Å². The van der Waals surface area contributed by atoms with Gasteiger partial charge in [-0.3, -0.25) is 14.2 Å². The molecule has 1 fully saturated rings. The van der Waals surface area contributed by atoms with E-state index < -0.39 is 11.6 Å². The molecule has 7 heteroatoms. The van der Waals surface area contributed by atoms with E-state index >= 15 is 0 Å². The lowest BCUT2D eigenvalue weighted by molar-refractivity contribution is -0.144. The highest BCUT2D eigenvalue weighted by Crippen LogP contribution is 2.35. The normalized spacial score (nSPS) is 13.5. The van der Waals surface area contributed by atoms with Gasteiger partial charge in [0.15, 0.2) is 0 Å². The Morgan fingerprint density at radius 3 is 2.64 bits per heavy atom. The van der Waals surface area contributed by atoms with E-state index in [0.29, 0.717) is 34.3 Å². The number of hydrogen-bond acceptors (Lipinski definition) is 6. The Morgan fingerprint density at radius 1 is 1.09 bits per heavy atom. The SMILES string of the molecule is Cc1cc2oc(=O)cc(COC(=O)CCc3nc4ccccc4c(=O)n3C3CC3)c2cc1C. The van der Waals surface area contributed by atoms with E-state index in [1.807, 2.05) is 44.2 Å². The van der Waals surface area contributed by atoms with Crippen LogP contribution in [0.2, 0.25) is 0 Å². The van der Waals surface area contributed by atoms with Crippen LogP contribution >= 0.6 is 0 Å². The monoisotopic (exact) mass is 444 g/mol. The number of hydrogen-bond donors (Lipinski definition) is 0. The number of para-hydroxylation sites is 1. The zero-order chi connectivity index (χ0) is 23.1. The van der Waals surface area contributed by atoms with E-state index in [4.69, 9.17) is 9.15 Å². The van der Waals surface area contributed by atoms with Crippen molar-refractivity contribution in [1.82, 2.24) is 9.55 Å². The van der Waals surface area contributed by atoms with Crippen molar-refractivity contribution in [2.75, 3.05) is 0 Å². The predicted molar refractivity (Wildman–Crippen MR) is 124 cm³/mol. The Labute approximate surface area is 189 Å². The molecule has 1 saturated carbocycles. The number of fused-ring (bicyclic) bond motifs is 2. The van der Waals surface area contributed by atoms with Gasteiger partial charge in [0, 0.05) is 29.5 Å². The van der Waals surface area contributed by atoms with Gasteiger partial charge in [0.25, 0.3) is 5.56 Å².